The molecular formula is C27H26ClN3O2S. The lowest BCUT2D eigenvalue weighted by molar-refractivity contribution is -0.113. The van der Waals surface area contributed by atoms with Crippen molar-refractivity contribution in [1.29, 1.82) is 0 Å². The lowest BCUT2D eigenvalue weighted by Gasteiger charge is -2.11. The highest BCUT2D eigenvalue weighted by molar-refractivity contribution is 7.99. The fourth-order valence-electron chi connectivity index (χ4n) is 3.60. The zero-order valence-corrected chi connectivity index (χ0v) is 20.9. The van der Waals surface area contributed by atoms with E-state index < -0.39 is 0 Å². The molecule has 0 fully saturated rings. The Labute approximate surface area is 209 Å². The molecule has 174 valence electrons. The van der Waals surface area contributed by atoms with Gasteiger partial charge in [0.2, 0.25) is 5.91 Å². The van der Waals surface area contributed by atoms with Crippen molar-refractivity contribution < 1.29 is 9.53 Å². The summed E-state index contributed by atoms with van der Waals surface area (Å²) < 4.78 is 7.50. The quantitative estimate of drug-likeness (QED) is 0.271. The maximum absolute atomic E-state index is 12.7. The smallest absolute Gasteiger partial charge is 0.234 e. The first-order valence-electron chi connectivity index (χ1n) is 11.0. The van der Waals surface area contributed by atoms with Gasteiger partial charge in [0.1, 0.15) is 5.75 Å². The molecule has 0 aliphatic heterocycles. The Balaban J connectivity index is 1.55. The number of hydrogen-bond donors (Lipinski definition) is 1. The van der Waals surface area contributed by atoms with E-state index in [0.29, 0.717) is 11.6 Å². The summed E-state index contributed by atoms with van der Waals surface area (Å²) in [6.45, 7) is 6.70. The number of amides is 1. The second-order valence-electron chi connectivity index (χ2n) is 7.87. The Morgan fingerprint density at radius 1 is 1.06 bits per heavy atom. The van der Waals surface area contributed by atoms with E-state index in [-0.39, 0.29) is 11.7 Å². The molecule has 1 aromatic heterocycles. The molecule has 4 aromatic rings. The van der Waals surface area contributed by atoms with Crippen LogP contribution in [0.4, 0.5) is 5.69 Å². The van der Waals surface area contributed by atoms with Crippen LogP contribution in [0.3, 0.4) is 0 Å². The number of carbonyl (C=O) groups is 1. The predicted octanol–water partition coefficient (Wildman–Crippen LogP) is 6.94. The zero-order chi connectivity index (χ0) is 24.1. The highest BCUT2D eigenvalue weighted by atomic mass is 35.5. The van der Waals surface area contributed by atoms with E-state index in [0.717, 1.165) is 39.1 Å². The number of aryl methyl sites for hydroxylation is 2. The summed E-state index contributed by atoms with van der Waals surface area (Å²) in [5.41, 5.74) is 5.89. The van der Waals surface area contributed by atoms with Crippen LogP contribution in [0.15, 0.2) is 78.1 Å². The molecule has 0 unspecified atom stereocenters. The van der Waals surface area contributed by atoms with Gasteiger partial charge < -0.3 is 10.1 Å². The SMILES string of the molecule is CCOc1ccc(NC(=O)CSc2nc(-c3ccc(Cl)cc3)cn2-c2ccc(C)cc2C)cc1. The number of hydrogen-bond acceptors (Lipinski definition) is 4. The normalized spacial score (nSPS) is 10.8. The summed E-state index contributed by atoms with van der Waals surface area (Å²) in [6.07, 6.45) is 2.01. The van der Waals surface area contributed by atoms with Crippen molar-refractivity contribution in [1.82, 2.24) is 9.55 Å². The number of ether oxygens (including phenoxy) is 1. The Bertz CT molecular complexity index is 1280. The Morgan fingerprint density at radius 2 is 1.79 bits per heavy atom. The van der Waals surface area contributed by atoms with E-state index in [9.17, 15) is 4.79 Å². The molecule has 4 rings (SSSR count). The van der Waals surface area contributed by atoms with Gasteiger partial charge in [0.05, 0.1) is 23.7 Å². The number of halogens is 1. The molecule has 0 spiro atoms. The van der Waals surface area contributed by atoms with Gasteiger partial charge in [-0.25, -0.2) is 4.98 Å². The molecule has 0 saturated carbocycles. The van der Waals surface area contributed by atoms with Crippen LogP contribution in [-0.2, 0) is 4.79 Å². The van der Waals surface area contributed by atoms with E-state index >= 15 is 0 Å². The first kappa shape index (κ1) is 23.9. The van der Waals surface area contributed by atoms with Crippen LogP contribution in [0.2, 0.25) is 5.02 Å². The summed E-state index contributed by atoms with van der Waals surface area (Å²) in [4.78, 5) is 17.5. The second kappa shape index (κ2) is 10.8. The number of nitrogens with zero attached hydrogens (tertiary/aromatic N) is 2. The van der Waals surface area contributed by atoms with Crippen molar-refractivity contribution in [2.45, 2.75) is 25.9 Å². The van der Waals surface area contributed by atoms with Gasteiger partial charge in [-0.15, -0.1) is 0 Å². The molecule has 1 N–H and O–H groups in total. The first-order chi connectivity index (χ1) is 16.4. The van der Waals surface area contributed by atoms with Gasteiger partial charge in [0.25, 0.3) is 0 Å². The molecule has 1 heterocycles. The molecule has 0 aliphatic rings. The van der Waals surface area contributed by atoms with E-state index in [4.69, 9.17) is 21.3 Å². The van der Waals surface area contributed by atoms with Gasteiger partial charge in [-0.1, -0.05) is 53.2 Å². The van der Waals surface area contributed by atoms with Crippen LogP contribution in [-0.4, -0.2) is 27.8 Å². The van der Waals surface area contributed by atoms with Gasteiger partial charge in [-0.3, -0.25) is 9.36 Å². The van der Waals surface area contributed by atoms with Gasteiger partial charge >= 0.3 is 0 Å². The van der Waals surface area contributed by atoms with Crippen molar-refractivity contribution in [3.05, 3.63) is 89.1 Å². The molecule has 3 aromatic carbocycles. The molecule has 0 aliphatic carbocycles. The molecule has 34 heavy (non-hydrogen) atoms. The fraction of sp³-hybridized carbons (Fsp3) is 0.185. The zero-order valence-electron chi connectivity index (χ0n) is 19.3. The lowest BCUT2D eigenvalue weighted by Crippen LogP contribution is -2.14. The molecule has 7 heteroatoms. The van der Waals surface area contributed by atoms with E-state index in [1.807, 2.05) is 66.2 Å². The monoisotopic (exact) mass is 491 g/mol. The number of anilines is 1. The van der Waals surface area contributed by atoms with Crippen LogP contribution in [0, 0.1) is 13.8 Å². The number of rotatable bonds is 8. The molecule has 0 atom stereocenters. The third-order valence-electron chi connectivity index (χ3n) is 5.21. The Kier molecular flexibility index (Phi) is 7.60. The minimum atomic E-state index is -0.0996. The summed E-state index contributed by atoms with van der Waals surface area (Å²) >= 11 is 7.46. The minimum absolute atomic E-state index is 0.0996. The maximum Gasteiger partial charge on any atom is 0.234 e. The number of carbonyl (C=O) groups excluding carboxylic acids is 1. The molecule has 1 amide bonds. The number of benzene rings is 3. The lowest BCUT2D eigenvalue weighted by atomic mass is 10.1. The fourth-order valence-corrected chi connectivity index (χ4v) is 4.51. The number of thioether (sulfide) groups is 1. The third-order valence-corrected chi connectivity index (χ3v) is 6.41. The largest absolute Gasteiger partial charge is 0.494 e. The van der Waals surface area contributed by atoms with Gasteiger partial charge in [-0.2, -0.15) is 0 Å². The van der Waals surface area contributed by atoms with Crippen LogP contribution < -0.4 is 10.1 Å². The summed E-state index contributed by atoms with van der Waals surface area (Å²) in [6, 6.07) is 21.3. The molecule has 0 saturated heterocycles. The molecular weight excluding hydrogens is 466 g/mol. The number of nitrogens with one attached hydrogen (secondary N) is 1. The van der Waals surface area contributed by atoms with Crippen molar-refractivity contribution in [2.24, 2.45) is 0 Å². The maximum atomic E-state index is 12.7. The standard InChI is InChI=1S/C27H26ClN3O2S/c1-4-33-23-12-10-22(11-13-23)29-26(32)17-34-27-30-24(20-6-8-21(28)9-7-20)16-31(27)25-14-5-18(2)15-19(25)3/h5-16H,4,17H2,1-3H3,(H,29,32). The van der Waals surface area contributed by atoms with Gasteiger partial charge in [-0.05, 0) is 68.8 Å². The molecule has 5 nitrogen and oxygen atoms in total. The summed E-state index contributed by atoms with van der Waals surface area (Å²) in [5.74, 6) is 0.910. The van der Waals surface area contributed by atoms with Gasteiger partial charge in [0.15, 0.2) is 5.16 Å². The summed E-state index contributed by atoms with van der Waals surface area (Å²) in [7, 11) is 0. The van der Waals surface area contributed by atoms with Crippen molar-refractivity contribution in [2.75, 3.05) is 17.7 Å². The highest BCUT2D eigenvalue weighted by Crippen LogP contribution is 2.30. The van der Waals surface area contributed by atoms with E-state index in [1.54, 1.807) is 0 Å². The van der Waals surface area contributed by atoms with Crippen LogP contribution in [0.25, 0.3) is 16.9 Å². The Morgan fingerprint density at radius 3 is 2.47 bits per heavy atom. The van der Waals surface area contributed by atoms with Crippen molar-refractivity contribution in [3.8, 4) is 22.7 Å². The average molecular weight is 492 g/mol. The Hall–Kier alpha value is -3.22. The molecule has 0 bridgehead atoms. The minimum Gasteiger partial charge on any atom is -0.494 e. The average Bonchev–Trinajstić information content (AvgIpc) is 3.23. The predicted molar refractivity (Wildman–Crippen MR) is 140 cm³/mol. The third kappa shape index (κ3) is 5.82. The first-order valence-corrected chi connectivity index (χ1v) is 12.4. The topological polar surface area (TPSA) is 56.1 Å². The van der Waals surface area contributed by atoms with Crippen LogP contribution in [0.5, 0.6) is 5.75 Å². The van der Waals surface area contributed by atoms with Crippen LogP contribution >= 0.6 is 23.4 Å². The highest BCUT2D eigenvalue weighted by Gasteiger charge is 2.15. The van der Waals surface area contributed by atoms with E-state index in [2.05, 4.69) is 37.4 Å². The second-order valence-corrected chi connectivity index (χ2v) is 9.25. The summed E-state index contributed by atoms with van der Waals surface area (Å²) in [5, 5.41) is 4.36. The molecule has 0 radical (unpaired) electrons. The van der Waals surface area contributed by atoms with E-state index in [1.165, 1.54) is 17.3 Å². The van der Waals surface area contributed by atoms with Crippen molar-refractivity contribution in [3.63, 3.8) is 0 Å². The number of aromatic nitrogens is 2. The van der Waals surface area contributed by atoms with Crippen molar-refractivity contribution >= 4 is 35.0 Å². The number of imidazole rings is 1. The van der Waals surface area contributed by atoms with Crippen LogP contribution in [0.1, 0.15) is 18.1 Å². The van der Waals surface area contributed by atoms with Gasteiger partial charge in [0, 0.05) is 22.5 Å².